The summed E-state index contributed by atoms with van der Waals surface area (Å²) in [4.78, 5) is 21.2. The SMILES string of the molecule is CC1(C)C(=S)N(c2ccc(C#N)c(C(F)(F)F)c2)CN1CCCCCN1CCN(C(=O)c2ccoc2)CC1. The molecule has 7 nitrogen and oxygen atoms in total. The number of piperazine rings is 1. The molecule has 0 atom stereocenters. The Morgan fingerprint density at radius 1 is 1.11 bits per heavy atom. The second-order valence-corrected chi connectivity index (χ2v) is 10.6. The first-order valence-electron chi connectivity index (χ1n) is 12.7. The fourth-order valence-electron chi connectivity index (χ4n) is 5.02. The summed E-state index contributed by atoms with van der Waals surface area (Å²) in [6.45, 7) is 9.22. The van der Waals surface area contributed by atoms with Gasteiger partial charge in [-0.25, -0.2) is 0 Å². The highest BCUT2D eigenvalue weighted by Gasteiger charge is 2.43. The maximum absolute atomic E-state index is 13.5. The van der Waals surface area contributed by atoms with Crippen LogP contribution in [0.1, 0.15) is 54.6 Å². The highest BCUT2D eigenvalue weighted by atomic mass is 32.1. The first-order chi connectivity index (χ1) is 18.0. The Bertz CT molecular complexity index is 1180. The summed E-state index contributed by atoms with van der Waals surface area (Å²) in [6.07, 6.45) is 1.37. The average Bonchev–Trinajstić information content (AvgIpc) is 3.50. The quantitative estimate of drug-likeness (QED) is 0.341. The molecule has 2 fully saturated rings. The van der Waals surface area contributed by atoms with Crippen molar-refractivity contribution in [1.82, 2.24) is 14.7 Å². The van der Waals surface area contributed by atoms with E-state index in [9.17, 15) is 18.0 Å². The smallest absolute Gasteiger partial charge is 0.417 e. The average molecular weight is 548 g/mol. The van der Waals surface area contributed by atoms with Crippen LogP contribution in [0.3, 0.4) is 0 Å². The Balaban J connectivity index is 1.24. The summed E-state index contributed by atoms with van der Waals surface area (Å²) >= 11 is 5.67. The molecular formula is C27H32F3N5O2S. The van der Waals surface area contributed by atoms with E-state index in [2.05, 4.69) is 9.80 Å². The number of amides is 1. The molecule has 0 radical (unpaired) electrons. The van der Waals surface area contributed by atoms with E-state index in [1.165, 1.54) is 24.7 Å². The third-order valence-electron chi connectivity index (χ3n) is 7.44. The number of alkyl halides is 3. The Hall–Kier alpha value is -2.94. The van der Waals surface area contributed by atoms with Crippen LogP contribution in [0.4, 0.5) is 18.9 Å². The van der Waals surface area contributed by atoms with Gasteiger partial charge < -0.3 is 14.2 Å². The zero-order chi connectivity index (χ0) is 27.5. The first-order valence-corrected chi connectivity index (χ1v) is 13.2. The zero-order valence-electron chi connectivity index (χ0n) is 21.6. The van der Waals surface area contributed by atoms with Gasteiger partial charge in [0.1, 0.15) is 11.3 Å². The van der Waals surface area contributed by atoms with Crippen molar-refractivity contribution in [2.75, 3.05) is 50.8 Å². The maximum atomic E-state index is 13.5. The van der Waals surface area contributed by atoms with Crippen molar-refractivity contribution in [2.24, 2.45) is 0 Å². The van der Waals surface area contributed by atoms with Crippen LogP contribution < -0.4 is 4.90 Å². The van der Waals surface area contributed by atoms with Crippen molar-refractivity contribution < 1.29 is 22.4 Å². The number of hydrogen-bond donors (Lipinski definition) is 0. The molecule has 4 rings (SSSR count). The molecule has 1 amide bonds. The van der Waals surface area contributed by atoms with Crippen LogP contribution >= 0.6 is 12.2 Å². The third-order valence-corrected chi connectivity index (χ3v) is 8.16. The molecule has 0 unspecified atom stereocenters. The number of nitriles is 1. The lowest BCUT2D eigenvalue weighted by Crippen LogP contribution is -2.48. The van der Waals surface area contributed by atoms with Gasteiger partial charge in [-0.2, -0.15) is 18.4 Å². The number of halogens is 3. The van der Waals surface area contributed by atoms with E-state index >= 15 is 0 Å². The summed E-state index contributed by atoms with van der Waals surface area (Å²) in [5, 5.41) is 9.09. The highest BCUT2D eigenvalue weighted by Crippen LogP contribution is 2.37. The summed E-state index contributed by atoms with van der Waals surface area (Å²) in [5.41, 5.74) is -0.875. The number of unbranched alkanes of at least 4 members (excludes halogenated alkanes) is 2. The van der Waals surface area contributed by atoms with E-state index in [1.54, 1.807) is 17.0 Å². The number of furan rings is 1. The summed E-state index contributed by atoms with van der Waals surface area (Å²) in [7, 11) is 0. The van der Waals surface area contributed by atoms with Crippen LogP contribution in [0.25, 0.3) is 0 Å². The van der Waals surface area contributed by atoms with Gasteiger partial charge in [-0.15, -0.1) is 0 Å². The molecule has 0 aliphatic carbocycles. The van der Waals surface area contributed by atoms with E-state index in [1.807, 2.05) is 18.7 Å². The van der Waals surface area contributed by atoms with E-state index in [-0.39, 0.29) is 5.91 Å². The predicted molar refractivity (Wildman–Crippen MR) is 142 cm³/mol. The molecule has 2 aliphatic heterocycles. The third kappa shape index (κ3) is 6.03. The van der Waals surface area contributed by atoms with Crippen LogP contribution in [0.2, 0.25) is 0 Å². The van der Waals surface area contributed by atoms with Crippen molar-refractivity contribution in [2.45, 2.75) is 44.8 Å². The molecule has 0 bridgehead atoms. The fraction of sp³-hybridized carbons (Fsp3) is 0.519. The van der Waals surface area contributed by atoms with Gasteiger partial charge in [-0.3, -0.25) is 14.6 Å². The molecule has 11 heteroatoms. The minimum Gasteiger partial charge on any atom is -0.472 e. The second-order valence-electron chi connectivity index (χ2n) is 10.2. The number of hydrogen-bond acceptors (Lipinski definition) is 6. The number of rotatable bonds is 8. The molecule has 0 spiro atoms. The fourth-order valence-corrected chi connectivity index (χ4v) is 5.31. The minimum atomic E-state index is -4.61. The lowest BCUT2D eigenvalue weighted by atomic mass is 10.0. The number of carbonyl (C=O) groups is 1. The van der Waals surface area contributed by atoms with Crippen LogP contribution in [0.5, 0.6) is 0 Å². The number of thiocarbonyl (C=S) groups is 1. The van der Waals surface area contributed by atoms with Crippen molar-refractivity contribution in [3.63, 3.8) is 0 Å². The van der Waals surface area contributed by atoms with E-state index in [0.29, 0.717) is 36.0 Å². The molecule has 3 heterocycles. The standard InChI is InChI=1S/C27H32F3N5O2S/c1-26(2)25(38)35(22-7-6-20(17-31)23(16-22)27(28,29)30)19-34(26)10-5-3-4-9-32-11-13-33(14-12-32)24(36)21-8-15-37-18-21/h6-8,15-16,18H,3-5,9-14,19H2,1-2H3. The van der Waals surface area contributed by atoms with Gasteiger partial charge >= 0.3 is 6.18 Å². The maximum Gasteiger partial charge on any atom is 0.417 e. The molecule has 2 aromatic rings. The van der Waals surface area contributed by atoms with Gasteiger partial charge in [0.05, 0.1) is 41.2 Å². The van der Waals surface area contributed by atoms with Crippen molar-refractivity contribution in [3.05, 3.63) is 53.5 Å². The number of benzene rings is 1. The van der Waals surface area contributed by atoms with Crippen LogP contribution in [-0.2, 0) is 6.18 Å². The molecule has 204 valence electrons. The topological polar surface area (TPSA) is 67.0 Å². The number of nitrogens with zero attached hydrogens (tertiary/aromatic N) is 5. The van der Waals surface area contributed by atoms with Crippen LogP contribution in [-0.4, -0.2) is 77.1 Å². The van der Waals surface area contributed by atoms with E-state index in [4.69, 9.17) is 21.9 Å². The van der Waals surface area contributed by atoms with Crippen LogP contribution in [0.15, 0.2) is 41.2 Å². The zero-order valence-corrected chi connectivity index (χ0v) is 22.4. The van der Waals surface area contributed by atoms with Gasteiger partial charge in [0.15, 0.2) is 0 Å². The number of carbonyl (C=O) groups excluding carboxylic acids is 1. The van der Waals surface area contributed by atoms with Crippen molar-refractivity contribution in [1.29, 1.82) is 5.26 Å². The second kappa shape index (κ2) is 11.4. The van der Waals surface area contributed by atoms with Gasteiger partial charge in [-0.05, 0) is 57.5 Å². The molecule has 2 saturated heterocycles. The monoisotopic (exact) mass is 547 g/mol. The lowest BCUT2D eigenvalue weighted by Gasteiger charge is -2.34. The van der Waals surface area contributed by atoms with E-state index in [0.717, 1.165) is 51.5 Å². The molecule has 2 aliphatic rings. The normalized spacial score (nSPS) is 18.7. The Morgan fingerprint density at radius 3 is 2.45 bits per heavy atom. The summed E-state index contributed by atoms with van der Waals surface area (Å²) in [6, 6.07) is 7.08. The minimum absolute atomic E-state index is 0.00854. The van der Waals surface area contributed by atoms with Crippen molar-refractivity contribution in [3.8, 4) is 6.07 Å². The molecule has 0 saturated carbocycles. The van der Waals surface area contributed by atoms with Crippen LogP contribution in [0, 0.1) is 11.3 Å². The summed E-state index contributed by atoms with van der Waals surface area (Å²) in [5.74, 6) is 0.00854. The Morgan fingerprint density at radius 2 is 1.82 bits per heavy atom. The van der Waals surface area contributed by atoms with Gasteiger partial charge in [0, 0.05) is 38.4 Å². The summed E-state index contributed by atoms with van der Waals surface area (Å²) < 4.78 is 45.4. The Labute approximate surface area is 226 Å². The highest BCUT2D eigenvalue weighted by molar-refractivity contribution is 7.80. The molecule has 38 heavy (non-hydrogen) atoms. The first kappa shape index (κ1) is 28.1. The van der Waals surface area contributed by atoms with Gasteiger partial charge in [0.2, 0.25) is 0 Å². The molecule has 1 aromatic heterocycles. The van der Waals surface area contributed by atoms with E-state index < -0.39 is 22.8 Å². The largest absolute Gasteiger partial charge is 0.472 e. The molecule has 0 N–H and O–H groups in total. The lowest BCUT2D eigenvalue weighted by molar-refractivity contribution is -0.137. The molecule has 1 aromatic carbocycles. The van der Waals surface area contributed by atoms with Gasteiger partial charge in [-0.1, -0.05) is 18.6 Å². The number of anilines is 1. The van der Waals surface area contributed by atoms with Crippen molar-refractivity contribution >= 4 is 28.8 Å². The predicted octanol–water partition coefficient (Wildman–Crippen LogP) is 4.98. The Kier molecular flexibility index (Phi) is 8.45. The van der Waals surface area contributed by atoms with Gasteiger partial charge in [0.25, 0.3) is 5.91 Å². The molecular weight excluding hydrogens is 515 g/mol.